The van der Waals surface area contributed by atoms with Crippen LogP contribution in [0.25, 0.3) is 0 Å². The van der Waals surface area contributed by atoms with Gasteiger partial charge in [-0.25, -0.2) is 0 Å². The predicted molar refractivity (Wildman–Crippen MR) is 89.0 cm³/mol. The van der Waals surface area contributed by atoms with E-state index in [4.69, 9.17) is 15.2 Å². The van der Waals surface area contributed by atoms with E-state index in [-0.39, 0.29) is 22.3 Å². The van der Waals surface area contributed by atoms with Crippen molar-refractivity contribution in [2.75, 3.05) is 32.9 Å². The highest BCUT2D eigenvalue weighted by Gasteiger charge is 2.73. The molecule has 3 rings (SSSR count). The van der Waals surface area contributed by atoms with Crippen molar-refractivity contribution in [2.45, 2.75) is 58.5 Å². The fraction of sp³-hybridized carbons (Fsp3) is 0.944. The summed E-state index contributed by atoms with van der Waals surface area (Å²) in [6.07, 6.45) is 3.37. The topological polar surface area (TPSA) is 64.8 Å². The maximum atomic E-state index is 12.6. The maximum Gasteiger partial charge on any atom is 0.324 e. The maximum absolute atomic E-state index is 12.6. The molecule has 0 aromatic rings. The highest BCUT2D eigenvalue weighted by molar-refractivity contribution is 5.78. The van der Waals surface area contributed by atoms with Crippen LogP contribution in [0.15, 0.2) is 0 Å². The SMILES string of the molecule is CCOC(=O)C(N)C1(N2CCOCC2)CC2CCC1(C)C2(C)C. The van der Waals surface area contributed by atoms with Crippen molar-refractivity contribution in [1.82, 2.24) is 4.90 Å². The van der Waals surface area contributed by atoms with Crippen molar-refractivity contribution < 1.29 is 14.3 Å². The fourth-order valence-electron chi connectivity index (χ4n) is 5.86. The van der Waals surface area contributed by atoms with Crippen molar-refractivity contribution in [3.8, 4) is 0 Å². The molecule has 0 spiro atoms. The van der Waals surface area contributed by atoms with Gasteiger partial charge in [0.25, 0.3) is 0 Å². The van der Waals surface area contributed by atoms with Crippen LogP contribution in [0.3, 0.4) is 0 Å². The van der Waals surface area contributed by atoms with Crippen LogP contribution in [0.2, 0.25) is 0 Å². The Bertz CT molecular complexity index is 475. The van der Waals surface area contributed by atoms with E-state index in [0.717, 1.165) is 39.1 Å². The van der Waals surface area contributed by atoms with Crippen molar-refractivity contribution in [3.05, 3.63) is 0 Å². The molecule has 2 bridgehead atoms. The molecule has 23 heavy (non-hydrogen) atoms. The first-order chi connectivity index (χ1) is 10.8. The first-order valence-corrected chi connectivity index (χ1v) is 9.06. The summed E-state index contributed by atoms with van der Waals surface area (Å²) >= 11 is 0. The summed E-state index contributed by atoms with van der Waals surface area (Å²) in [6.45, 7) is 12.5. The van der Waals surface area contributed by atoms with Crippen molar-refractivity contribution in [3.63, 3.8) is 0 Å². The van der Waals surface area contributed by atoms with Gasteiger partial charge in [0.1, 0.15) is 6.04 Å². The number of morpholine rings is 1. The molecule has 0 amide bonds. The normalized spacial score (nSPS) is 41.0. The van der Waals surface area contributed by atoms with E-state index in [1.165, 1.54) is 6.42 Å². The van der Waals surface area contributed by atoms with Crippen LogP contribution in [0.1, 0.15) is 47.0 Å². The molecule has 1 heterocycles. The molecule has 5 nitrogen and oxygen atoms in total. The molecule has 132 valence electrons. The van der Waals surface area contributed by atoms with Gasteiger partial charge in [-0.2, -0.15) is 0 Å². The second-order valence-electron chi connectivity index (χ2n) is 8.25. The first kappa shape index (κ1) is 17.2. The lowest BCUT2D eigenvalue weighted by atomic mass is 9.59. The number of fused-ring (bicyclic) bond motifs is 2. The van der Waals surface area contributed by atoms with Crippen LogP contribution < -0.4 is 5.73 Å². The van der Waals surface area contributed by atoms with Crippen LogP contribution in [0.5, 0.6) is 0 Å². The summed E-state index contributed by atoms with van der Waals surface area (Å²) < 4.78 is 10.9. The Kier molecular flexibility index (Phi) is 4.27. The molecule has 3 fully saturated rings. The summed E-state index contributed by atoms with van der Waals surface area (Å²) in [5.74, 6) is 0.374. The zero-order valence-electron chi connectivity index (χ0n) is 15.1. The van der Waals surface area contributed by atoms with Gasteiger partial charge in [-0.1, -0.05) is 20.8 Å². The Morgan fingerprint density at radius 3 is 2.48 bits per heavy atom. The molecule has 2 aliphatic carbocycles. The fourth-order valence-corrected chi connectivity index (χ4v) is 5.86. The number of nitrogens with zero attached hydrogens (tertiary/aromatic N) is 1. The lowest BCUT2D eigenvalue weighted by Gasteiger charge is -2.57. The molecule has 4 unspecified atom stereocenters. The van der Waals surface area contributed by atoms with Crippen LogP contribution in [-0.2, 0) is 14.3 Å². The van der Waals surface area contributed by atoms with Crippen LogP contribution in [-0.4, -0.2) is 55.4 Å². The molecule has 1 aliphatic heterocycles. The summed E-state index contributed by atoms with van der Waals surface area (Å²) in [7, 11) is 0. The number of nitrogens with two attached hydrogens (primary N) is 1. The van der Waals surface area contributed by atoms with Gasteiger partial charge in [-0.3, -0.25) is 9.69 Å². The number of hydrogen-bond acceptors (Lipinski definition) is 5. The molecule has 1 saturated heterocycles. The Morgan fingerprint density at radius 2 is 2.00 bits per heavy atom. The number of ether oxygens (including phenoxy) is 2. The number of esters is 1. The van der Waals surface area contributed by atoms with Gasteiger partial charge in [-0.15, -0.1) is 0 Å². The van der Waals surface area contributed by atoms with E-state index in [0.29, 0.717) is 12.5 Å². The Hall–Kier alpha value is -0.650. The summed E-state index contributed by atoms with van der Waals surface area (Å²) in [5.41, 5.74) is 6.51. The molecule has 5 heteroatoms. The largest absolute Gasteiger partial charge is 0.465 e. The van der Waals surface area contributed by atoms with Crippen LogP contribution in [0.4, 0.5) is 0 Å². The second-order valence-corrected chi connectivity index (χ2v) is 8.25. The molecule has 4 atom stereocenters. The van der Waals surface area contributed by atoms with Crippen molar-refractivity contribution in [1.29, 1.82) is 0 Å². The van der Waals surface area contributed by atoms with Gasteiger partial charge in [0, 0.05) is 13.1 Å². The van der Waals surface area contributed by atoms with E-state index in [9.17, 15) is 4.79 Å². The lowest BCUT2D eigenvalue weighted by Crippen LogP contribution is -2.71. The van der Waals surface area contributed by atoms with E-state index < -0.39 is 6.04 Å². The van der Waals surface area contributed by atoms with Gasteiger partial charge < -0.3 is 15.2 Å². The first-order valence-electron chi connectivity index (χ1n) is 9.06. The average Bonchev–Trinajstić information content (AvgIpc) is 2.87. The minimum absolute atomic E-state index is 0.0220. The third-order valence-electron chi connectivity index (χ3n) is 7.58. The van der Waals surface area contributed by atoms with Crippen LogP contribution >= 0.6 is 0 Å². The molecular formula is C18H32N2O3. The Balaban J connectivity index is 2.03. The number of carbonyl (C=O) groups excluding carboxylic acids is 1. The summed E-state index contributed by atoms with van der Waals surface area (Å²) in [6, 6.07) is -0.588. The number of carbonyl (C=O) groups is 1. The number of hydrogen-bond donors (Lipinski definition) is 1. The Morgan fingerprint density at radius 1 is 1.35 bits per heavy atom. The minimum Gasteiger partial charge on any atom is -0.465 e. The van der Waals surface area contributed by atoms with E-state index >= 15 is 0 Å². The van der Waals surface area contributed by atoms with Gasteiger partial charge in [-0.05, 0) is 42.9 Å². The monoisotopic (exact) mass is 324 g/mol. The van der Waals surface area contributed by atoms with E-state index in [1.807, 2.05) is 6.92 Å². The highest BCUT2D eigenvalue weighted by Crippen LogP contribution is 2.71. The third-order valence-corrected chi connectivity index (χ3v) is 7.58. The smallest absolute Gasteiger partial charge is 0.324 e. The molecule has 0 radical (unpaired) electrons. The van der Waals surface area contributed by atoms with Gasteiger partial charge in [0.15, 0.2) is 0 Å². The summed E-state index contributed by atoms with van der Waals surface area (Å²) in [4.78, 5) is 15.1. The quantitative estimate of drug-likeness (QED) is 0.799. The van der Waals surface area contributed by atoms with Gasteiger partial charge in [0.2, 0.25) is 0 Å². The zero-order valence-corrected chi connectivity index (χ0v) is 15.1. The highest BCUT2D eigenvalue weighted by atomic mass is 16.5. The average molecular weight is 324 g/mol. The third kappa shape index (κ3) is 2.12. The second kappa shape index (κ2) is 5.71. The lowest BCUT2D eigenvalue weighted by molar-refractivity contribution is -0.159. The predicted octanol–water partition coefficient (Wildman–Crippen LogP) is 1.79. The summed E-state index contributed by atoms with van der Waals surface area (Å²) in [5, 5.41) is 0. The molecule has 2 saturated carbocycles. The van der Waals surface area contributed by atoms with Crippen molar-refractivity contribution in [2.24, 2.45) is 22.5 Å². The zero-order chi connectivity index (χ0) is 16.9. The minimum atomic E-state index is -0.588. The molecule has 0 aromatic carbocycles. The van der Waals surface area contributed by atoms with Gasteiger partial charge >= 0.3 is 5.97 Å². The number of rotatable bonds is 4. The van der Waals surface area contributed by atoms with E-state index in [2.05, 4.69) is 25.7 Å². The molecular weight excluding hydrogens is 292 g/mol. The molecule has 0 aromatic heterocycles. The van der Waals surface area contributed by atoms with E-state index in [1.54, 1.807) is 0 Å². The van der Waals surface area contributed by atoms with Crippen LogP contribution in [0, 0.1) is 16.7 Å². The Labute approximate surface area is 139 Å². The van der Waals surface area contributed by atoms with Gasteiger partial charge in [0.05, 0.1) is 25.4 Å². The molecule has 2 N–H and O–H groups in total. The standard InChI is InChI=1S/C18H32N2O3/c1-5-23-15(21)14(19)18(20-8-10-22-11-9-20)12-13-6-7-17(18,4)16(13,2)3/h13-14H,5-12,19H2,1-4H3. The van der Waals surface area contributed by atoms with Crippen molar-refractivity contribution >= 4 is 5.97 Å². The molecule has 3 aliphatic rings.